The highest BCUT2D eigenvalue weighted by molar-refractivity contribution is 7.99. The smallest absolute Gasteiger partial charge is 0.0113 e. The predicted octanol–water partition coefficient (Wildman–Crippen LogP) is 9.63. The van der Waals surface area contributed by atoms with Crippen molar-refractivity contribution in [1.29, 1.82) is 0 Å². The second-order valence-electron chi connectivity index (χ2n) is 12.5. The Hall–Kier alpha value is 0.670. The van der Waals surface area contributed by atoms with E-state index in [1.54, 1.807) is 0 Å². The highest BCUT2D eigenvalue weighted by atomic mass is 32.2. The zero-order valence-corrected chi connectivity index (χ0v) is 30.3. The van der Waals surface area contributed by atoms with E-state index in [1.807, 2.05) is 23.5 Å². The summed E-state index contributed by atoms with van der Waals surface area (Å²) in [7, 11) is 0. The van der Waals surface area contributed by atoms with Gasteiger partial charge in [0.15, 0.2) is 0 Å². The van der Waals surface area contributed by atoms with Crippen molar-refractivity contribution in [1.82, 2.24) is 0 Å². The van der Waals surface area contributed by atoms with Crippen LogP contribution in [0, 0.1) is 17.8 Å². The molecule has 238 valence electrons. The Bertz CT molecular complexity index is 443. The molecule has 39 heavy (non-hydrogen) atoms. The molecule has 0 fully saturated rings. The molecule has 1 unspecified atom stereocenters. The Morgan fingerprint density at radius 3 is 1.28 bits per heavy atom. The SMILES string of the molecule is CC(C)CC/C=C/CSCC[C@@H](C)N.CC(C)CCCCSCC[C@@H](C)N.CC(C)CCCSCCC(C)N. The Morgan fingerprint density at radius 1 is 0.436 bits per heavy atom. The zero-order chi connectivity index (χ0) is 30.3. The van der Waals surface area contributed by atoms with Gasteiger partial charge < -0.3 is 17.2 Å². The maximum Gasteiger partial charge on any atom is 0.0113 e. The van der Waals surface area contributed by atoms with Gasteiger partial charge in [-0.25, -0.2) is 0 Å². The summed E-state index contributed by atoms with van der Waals surface area (Å²) in [6.45, 7) is 19.9. The summed E-state index contributed by atoms with van der Waals surface area (Å²) in [5, 5.41) is 0. The highest BCUT2D eigenvalue weighted by Crippen LogP contribution is 2.12. The molecule has 0 amide bonds. The Morgan fingerprint density at radius 2 is 0.846 bits per heavy atom. The molecule has 0 spiro atoms. The summed E-state index contributed by atoms with van der Waals surface area (Å²) < 4.78 is 0. The van der Waals surface area contributed by atoms with Gasteiger partial charge in [0, 0.05) is 23.9 Å². The summed E-state index contributed by atoms with van der Waals surface area (Å²) in [6.07, 6.45) is 17.5. The molecular weight excluding hydrogens is 535 g/mol. The summed E-state index contributed by atoms with van der Waals surface area (Å²) in [4.78, 5) is 0. The second-order valence-corrected chi connectivity index (χ2v) is 16.1. The van der Waals surface area contributed by atoms with Gasteiger partial charge >= 0.3 is 0 Å². The molecule has 3 nitrogen and oxygen atoms in total. The van der Waals surface area contributed by atoms with Gasteiger partial charge in [-0.15, -0.1) is 0 Å². The van der Waals surface area contributed by atoms with Crippen LogP contribution in [0.4, 0.5) is 0 Å². The minimum absolute atomic E-state index is 0.354. The van der Waals surface area contributed by atoms with Crippen molar-refractivity contribution in [2.75, 3.05) is 34.5 Å². The minimum Gasteiger partial charge on any atom is -0.328 e. The van der Waals surface area contributed by atoms with Crippen LogP contribution in [0.1, 0.15) is 127 Å². The van der Waals surface area contributed by atoms with Crippen LogP contribution < -0.4 is 17.2 Å². The van der Waals surface area contributed by atoms with E-state index in [4.69, 9.17) is 17.2 Å². The fourth-order valence-corrected chi connectivity index (χ4v) is 6.37. The largest absolute Gasteiger partial charge is 0.328 e. The summed E-state index contributed by atoms with van der Waals surface area (Å²) >= 11 is 6.07. The van der Waals surface area contributed by atoms with E-state index in [9.17, 15) is 0 Å². The van der Waals surface area contributed by atoms with E-state index in [1.165, 1.54) is 73.7 Å². The lowest BCUT2D eigenvalue weighted by molar-refractivity contribution is 0.551. The van der Waals surface area contributed by atoms with Crippen LogP contribution in [0.2, 0.25) is 0 Å². The van der Waals surface area contributed by atoms with Gasteiger partial charge in [-0.05, 0) is 112 Å². The fourth-order valence-electron chi connectivity index (χ4n) is 3.13. The third-order valence-electron chi connectivity index (χ3n) is 5.83. The van der Waals surface area contributed by atoms with Gasteiger partial charge in [0.25, 0.3) is 0 Å². The van der Waals surface area contributed by atoms with Crippen molar-refractivity contribution < 1.29 is 0 Å². The van der Waals surface area contributed by atoms with Crippen molar-refractivity contribution in [2.45, 2.75) is 145 Å². The predicted molar refractivity (Wildman–Crippen MR) is 193 cm³/mol. The molecule has 0 rings (SSSR count). The zero-order valence-electron chi connectivity index (χ0n) is 27.9. The molecule has 0 heterocycles. The molecule has 0 bridgehead atoms. The first-order valence-electron chi connectivity index (χ1n) is 16.0. The molecule has 6 N–H and O–H groups in total. The van der Waals surface area contributed by atoms with Gasteiger partial charge in [-0.3, -0.25) is 0 Å². The minimum atomic E-state index is 0.354. The summed E-state index contributed by atoms with van der Waals surface area (Å²) in [5.74, 6) is 9.98. The topological polar surface area (TPSA) is 78.1 Å². The third-order valence-corrected chi connectivity index (χ3v) is 8.99. The number of unbranched alkanes of at least 4 members (excludes halogenated alkanes) is 1. The molecule has 0 aliphatic rings. The van der Waals surface area contributed by atoms with Crippen molar-refractivity contribution in [2.24, 2.45) is 35.0 Å². The maximum atomic E-state index is 5.66. The molecule has 0 radical (unpaired) electrons. The van der Waals surface area contributed by atoms with E-state index < -0.39 is 0 Å². The van der Waals surface area contributed by atoms with Crippen LogP contribution in [0.15, 0.2) is 12.2 Å². The van der Waals surface area contributed by atoms with Crippen LogP contribution in [-0.4, -0.2) is 52.6 Å². The first-order chi connectivity index (χ1) is 18.4. The van der Waals surface area contributed by atoms with E-state index in [-0.39, 0.29) is 0 Å². The van der Waals surface area contributed by atoms with Crippen molar-refractivity contribution >= 4 is 35.3 Å². The molecule has 0 aromatic carbocycles. The van der Waals surface area contributed by atoms with Gasteiger partial charge in [-0.1, -0.05) is 73.0 Å². The number of thioether (sulfide) groups is 3. The molecular formula is C33H73N3S3. The summed E-state index contributed by atoms with van der Waals surface area (Å²) in [5.41, 5.74) is 17.0. The molecule has 0 aliphatic heterocycles. The first kappa shape index (κ1) is 44.1. The van der Waals surface area contributed by atoms with Crippen molar-refractivity contribution in [3.63, 3.8) is 0 Å². The Labute approximate surface area is 260 Å². The maximum absolute atomic E-state index is 5.66. The quantitative estimate of drug-likeness (QED) is 0.0793. The number of rotatable bonds is 23. The second kappa shape index (κ2) is 34.9. The molecule has 0 aromatic heterocycles. The molecule has 0 saturated heterocycles. The monoisotopic (exact) mass is 607 g/mol. The van der Waals surface area contributed by atoms with Gasteiger partial charge in [0.1, 0.15) is 0 Å². The van der Waals surface area contributed by atoms with Crippen molar-refractivity contribution in [3.05, 3.63) is 12.2 Å². The number of nitrogens with two attached hydrogens (primary N) is 3. The lowest BCUT2D eigenvalue weighted by atomic mass is 10.1. The van der Waals surface area contributed by atoms with Crippen LogP contribution >= 0.6 is 35.3 Å². The van der Waals surface area contributed by atoms with Crippen LogP contribution in [0.25, 0.3) is 0 Å². The fraction of sp³-hybridized carbons (Fsp3) is 0.939. The van der Waals surface area contributed by atoms with E-state index in [0.717, 1.165) is 42.8 Å². The molecule has 0 aliphatic carbocycles. The Balaban J connectivity index is -0.000000500. The van der Waals surface area contributed by atoms with Gasteiger partial charge in [-0.2, -0.15) is 35.3 Å². The van der Waals surface area contributed by atoms with Crippen LogP contribution in [0.5, 0.6) is 0 Å². The number of hydrogen-bond donors (Lipinski definition) is 3. The number of hydrogen-bond acceptors (Lipinski definition) is 6. The van der Waals surface area contributed by atoms with E-state index in [0.29, 0.717) is 18.1 Å². The third kappa shape index (κ3) is 55.3. The standard InChI is InChI=1S/C12H25NS.C11H25NS.C10H23NS/c1-11(2)7-5-4-6-9-14-10-8-12(3)13;1-10(2)6-4-5-8-13-9-7-11(3)12;1-9(2)5-4-7-12-8-6-10(3)11/h4,6,11-12H,5,7-10,13H2,1-3H3;10-11H,4-9,12H2,1-3H3;9-10H,4-8,11H2,1-3H3/b6-4+;;/t12-;11-;/m11./s1. The summed E-state index contributed by atoms with van der Waals surface area (Å²) in [6, 6.07) is 1.11. The highest BCUT2D eigenvalue weighted by Gasteiger charge is 1.98. The van der Waals surface area contributed by atoms with E-state index >= 15 is 0 Å². The first-order valence-corrected chi connectivity index (χ1v) is 19.5. The van der Waals surface area contributed by atoms with Gasteiger partial charge in [0.05, 0.1) is 0 Å². The molecule has 6 heteroatoms. The average Bonchev–Trinajstić information content (AvgIpc) is 2.82. The Kier molecular flexibility index (Phi) is 39.4. The average molecular weight is 608 g/mol. The van der Waals surface area contributed by atoms with Crippen molar-refractivity contribution in [3.8, 4) is 0 Å². The lowest BCUT2D eigenvalue weighted by Gasteiger charge is -2.05. The van der Waals surface area contributed by atoms with Gasteiger partial charge in [0.2, 0.25) is 0 Å². The number of allylic oxidation sites excluding steroid dienone is 1. The van der Waals surface area contributed by atoms with Crippen LogP contribution in [0.3, 0.4) is 0 Å². The molecule has 3 atom stereocenters. The lowest BCUT2D eigenvalue weighted by Crippen LogP contribution is -2.15. The van der Waals surface area contributed by atoms with Crippen LogP contribution in [-0.2, 0) is 0 Å². The van der Waals surface area contributed by atoms with E-state index in [2.05, 4.69) is 86.2 Å². The normalized spacial score (nSPS) is 13.8. The molecule has 0 aromatic rings. The molecule has 0 saturated carbocycles.